The number of anilines is 1. The number of likely N-dealkylation sites (tertiary alicyclic amines) is 1. The van der Waals surface area contributed by atoms with Gasteiger partial charge in [-0.05, 0) is 45.2 Å². The maximum absolute atomic E-state index is 14.2. The number of nitrogens with one attached hydrogen (secondary N) is 1. The number of carboxylic acid groups (broad SMARTS) is 1. The van der Waals surface area contributed by atoms with Gasteiger partial charge in [0.1, 0.15) is 28.6 Å². The fourth-order valence-electron chi connectivity index (χ4n) is 4.52. The van der Waals surface area contributed by atoms with Gasteiger partial charge in [0.25, 0.3) is 5.91 Å². The monoisotopic (exact) mass is 557 g/mol. The number of carbonyl (C=O) groups is 3. The predicted molar refractivity (Wildman–Crippen MR) is 150 cm³/mol. The molecule has 0 spiro atoms. The number of amides is 2. The Kier molecular flexibility index (Phi) is 9.48. The molecule has 3 heterocycles. The summed E-state index contributed by atoms with van der Waals surface area (Å²) < 4.78 is 11.0. The first-order valence-electron chi connectivity index (χ1n) is 13.7. The number of aliphatic carboxylic acids is 1. The zero-order chi connectivity index (χ0) is 29.8. The van der Waals surface area contributed by atoms with Gasteiger partial charge < -0.3 is 29.4 Å². The Labute approximate surface area is 236 Å². The summed E-state index contributed by atoms with van der Waals surface area (Å²) in [6, 6.07) is 3.06. The van der Waals surface area contributed by atoms with Crippen molar-refractivity contribution in [3.8, 4) is 0 Å². The van der Waals surface area contributed by atoms with Gasteiger partial charge in [-0.1, -0.05) is 34.6 Å². The quantitative estimate of drug-likeness (QED) is 0.469. The third kappa shape index (κ3) is 8.19. The van der Waals surface area contributed by atoms with Crippen molar-refractivity contribution in [2.75, 3.05) is 25.0 Å². The van der Waals surface area contributed by atoms with E-state index in [-0.39, 0.29) is 42.3 Å². The molecule has 3 rings (SSSR count). The van der Waals surface area contributed by atoms with Gasteiger partial charge in [0.05, 0.1) is 24.8 Å². The summed E-state index contributed by atoms with van der Waals surface area (Å²) in [6.45, 7) is 16.1. The maximum atomic E-state index is 14.2. The van der Waals surface area contributed by atoms with Gasteiger partial charge in [-0.25, -0.2) is 14.8 Å². The van der Waals surface area contributed by atoms with E-state index in [0.29, 0.717) is 30.5 Å². The highest BCUT2D eigenvalue weighted by Gasteiger charge is 2.40. The fraction of sp³-hybridized carbons (Fsp3) is 0.621. The lowest BCUT2D eigenvalue weighted by molar-refractivity contribution is -0.144. The summed E-state index contributed by atoms with van der Waals surface area (Å²) in [5.41, 5.74) is -0.829. The number of carbonyl (C=O) groups excluding carboxylic acids is 2. The van der Waals surface area contributed by atoms with E-state index in [0.717, 1.165) is 0 Å². The number of ether oxygens (including phenoxy) is 1. The van der Waals surface area contributed by atoms with Crippen molar-refractivity contribution in [3.63, 3.8) is 0 Å². The van der Waals surface area contributed by atoms with E-state index in [1.165, 1.54) is 11.1 Å². The third-order valence-corrected chi connectivity index (χ3v) is 6.39. The minimum atomic E-state index is -1.02. The first-order chi connectivity index (χ1) is 18.5. The summed E-state index contributed by atoms with van der Waals surface area (Å²) in [6.07, 6.45) is 2.71. The first kappa shape index (κ1) is 30.9. The van der Waals surface area contributed by atoms with Gasteiger partial charge in [0.2, 0.25) is 0 Å². The molecule has 11 nitrogen and oxygen atoms in total. The lowest BCUT2D eigenvalue weighted by atomic mass is 9.92. The van der Waals surface area contributed by atoms with Crippen LogP contribution in [0.3, 0.4) is 0 Å². The van der Waals surface area contributed by atoms with Gasteiger partial charge >= 0.3 is 12.1 Å². The number of hydrogen-bond acceptors (Lipinski definition) is 8. The third-order valence-electron chi connectivity index (χ3n) is 6.39. The van der Waals surface area contributed by atoms with Crippen molar-refractivity contribution in [3.05, 3.63) is 41.7 Å². The zero-order valence-electron chi connectivity index (χ0n) is 24.9. The van der Waals surface area contributed by atoms with Gasteiger partial charge in [0.15, 0.2) is 0 Å². The maximum Gasteiger partial charge on any atom is 0.410 e. The lowest BCUT2D eigenvalue weighted by Crippen LogP contribution is -2.56. The molecule has 0 aromatic carbocycles. The molecule has 2 aromatic heterocycles. The van der Waals surface area contributed by atoms with Crippen LogP contribution in [0, 0.1) is 11.8 Å². The fourth-order valence-corrected chi connectivity index (χ4v) is 4.52. The Balaban J connectivity index is 1.99. The van der Waals surface area contributed by atoms with Crippen molar-refractivity contribution in [1.29, 1.82) is 0 Å². The molecule has 1 aliphatic rings. The Bertz CT molecular complexity index is 1180. The molecule has 2 atom stereocenters. The van der Waals surface area contributed by atoms with E-state index in [2.05, 4.69) is 10.3 Å². The summed E-state index contributed by atoms with van der Waals surface area (Å²) in [5, 5.41) is 13.1. The summed E-state index contributed by atoms with van der Waals surface area (Å²) >= 11 is 0. The van der Waals surface area contributed by atoms with Gasteiger partial charge in [-0.15, -0.1) is 0 Å². The van der Waals surface area contributed by atoms with Crippen LogP contribution in [0.5, 0.6) is 0 Å². The van der Waals surface area contributed by atoms with Crippen molar-refractivity contribution >= 4 is 23.8 Å². The van der Waals surface area contributed by atoms with Gasteiger partial charge in [-0.3, -0.25) is 9.59 Å². The minimum absolute atomic E-state index is 0.0177. The van der Waals surface area contributed by atoms with E-state index in [1.807, 2.05) is 40.7 Å². The van der Waals surface area contributed by atoms with E-state index in [4.69, 9.17) is 14.1 Å². The molecule has 0 radical (unpaired) electrons. The summed E-state index contributed by atoms with van der Waals surface area (Å²) in [5.74, 6) is -0.503. The number of piperidine rings is 1. The summed E-state index contributed by atoms with van der Waals surface area (Å²) in [4.78, 5) is 51.5. The standard InChI is InChI=1S/C29H43N5O6/c1-18(2)15-34(20-12-19(25(36)37)16-33(17-20)27(38)40-29(6,7)8)24(35)22-14-31-26(28(3,4)5)32-23(22)30-13-21-10-9-11-39-21/h9-11,14,18-20H,12-13,15-17H2,1-8H3,(H,36,37)(H,30,31,32)/t19-,20?/m1/s1. The molecular weight excluding hydrogens is 514 g/mol. The first-order valence-corrected chi connectivity index (χ1v) is 13.7. The highest BCUT2D eigenvalue weighted by molar-refractivity contribution is 5.98. The molecule has 1 unspecified atom stereocenters. The Morgan fingerprint density at radius 1 is 1.20 bits per heavy atom. The lowest BCUT2D eigenvalue weighted by Gasteiger charge is -2.42. The Morgan fingerprint density at radius 2 is 1.90 bits per heavy atom. The molecule has 11 heteroatoms. The number of hydrogen-bond donors (Lipinski definition) is 2. The molecule has 2 N–H and O–H groups in total. The number of carboxylic acids is 1. The highest BCUT2D eigenvalue weighted by Crippen LogP contribution is 2.28. The largest absolute Gasteiger partial charge is 0.481 e. The molecule has 1 fully saturated rings. The number of rotatable bonds is 8. The van der Waals surface area contributed by atoms with E-state index >= 15 is 0 Å². The normalized spacial score (nSPS) is 18.0. The average molecular weight is 558 g/mol. The van der Waals surface area contributed by atoms with Crippen molar-refractivity contribution in [2.24, 2.45) is 11.8 Å². The molecule has 0 bridgehead atoms. The Morgan fingerprint density at radius 3 is 2.45 bits per heavy atom. The predicted octanol–water partition coefficient (Wildman–Crippen LogP) is 4.79. The topological polar surface area (TPSA) is 138 Å². The van der Waals surface area contributed by atoms with E-state index in [9.17, 15) is 19.5 Å². The van der Waals surface area contributed by atoms with Crippen LogP contribution in [0.1, 0.15) is 83.8 Å². The molecule has 0 aliphatic carbocycles. The van der Waals surface area contributed by atoms with Crippen LogP contribution >= 0.6 is 0 Å². The van der Waals surface area contributed by atoms with Crippen LogP contribution < -0.4 is 5.32 Å². The zero-order valence-corrected chi connectivity index (χ0v) is 24.9. The molecular formula is C29H43N5O6. The SMILES string of the molecule is CC(C)CN(C(=O)c1cnc(C(C)(C)C)nc1NCc1ccco1)C1C[C@@H](C(=O)O)CN(C(=O)OC(C)(C)C)C1. The molecule has 0 saturated carbocycles. The van der Waals surface area contributed by atoms with Crippen molar-refractivity contribution < 1.29 is 28.6 Å². The van der Waals surface area contributed by atoms with Crippen molar-refractivity contribution in [1.82, 2.24) is 19.8 Å². The smallest absolute Gasteiger partial charge is 0.410 e. The molecule has 2 amide bonds. The number of nitrogens with zero attached hydrogens (tertiary/aromatic N) is 4. The molecule has 1 aliphatic heterocycles. The molecule has 220 valence electrons. The second-order valence-electron chi connectivity index (χ2n) is 12.8. The van der Waals surface area contributed by atoms with Crippen LogP contribution in [-0.4, -0.2) is 74.1 Å². The van der Waals surface area contributed by atoms with Crippen LogP contribution in [0.4, 0.5) is 10.6 Å². The molecule has 40 heavy (non-hydrogen) atoms. The average Bonchev–Trinajstić information content (AvgIpc) is 3.37. The van der Waals surface area contributed by atoms with E-state index < -0.39 is 29.6 Å². The van der Waals surface area contributed by atoms with Crippen molar-refractivity contribution in [2.45, 2.75) is 85.4 Å². The van der Waals surface area contributed by atoms with Crippen LogP contribution in [-0.2, 0) is 21.5 Å². The molecule has 2 aromatic rings. The molecule has 1 saturated heterocycles. The number of furan rings is 1. The Hall–Kier alpha value is -3.63. The highest BCUT2D eigenvalue weighted by atomic mass is 16.6. The second kappa shape index (κ2) is 12.3. The minimum Gasteiger partial charge on any atom is -0.481 e. The van der Waals surface area contributed by atoms with Gasteiger partial charge in [-0.2, -0.15) is 0 Å². The second-order valence-corrected chi connectivity index (χ2v) is 12.8. The van der Waals surface area contributed by atoms with Crippen LogP contribution in [0.2, 0.25) is 0 Å². The van der Waals surface area contributed by atoms with Crippen LogP contribution in [0.25, 0.3) is 0 Å². The van der Waals surface area contributed by atoms with E-state index in [1.54, 1.807) is 38.0 Å². The summed E-state index contributed by atoms with van der Waals surface area (Å²) in [7, 11) is 0. The number of aromatic nitrogens is 2. The van der Waals surface area contributed by atoms with Crippen LogP contribution in [0.15, 0.2) is 29.0 Å². The van der Waals surface area contributed by atoms with Gasteiger partial charge in [0, 0.05) is 31.2 Å².